The lowest BCUT2D eigenvalue weighted by Crippen LogP contribution is -2.27. The molecule has 0 spiro atoms. The van der Waals surface area contributed by atoms with Crippen LogP contribution in [0.4, 0.5) is 26.3 Å². The minimum atomic E-state index is -4.83. The number of carbonyl (C=O) groups is 1. The second-order valence-electron chi connectivity index (χ2n) is 5.59. The number of hydrogen-bond donors (Lipinski definition) is 1. The number of halogens is 6. The number of hydrogen-bond acceptors (Lipinski definition) is 4. The molecule has 11 heteroatoms. The zero-order valence-corrected chi connectivity index (χ0v) is 14.3. The van der Waals surface area contributed by atoms with Crippen molar-refractivity contribution >= 4 is 5.91 Å². The van der Waals surface area contributed by atoms with E-state index in [1.54, 1.807) is 6.92 Å². The van der Waals surface area contributed by atoms with Gasteiger partial charge >= 0.3 is 12.5 Å². The molecule has 1 aromatic heterocycles. The van der Waals surface area contributed by atoms with E-state index in [1.807, 2.05) is 0 Å². The fourth-order valence-electron chi connectivity index (χ4n) is 2.06. The summed E-state index contributed by atoms with van der Waals surface area (Å²) in [5, 5.41) is 2.57. The standard InChI is InChI=1S/C17H14F6N2O3/c1-10(14-7-6-13(8-24-14)27-9-16(18,19)20)25-15(26)11-2-4-12(5-3-11)28-17(21,22)23/h2-8,10H,9H2,1H3,(H,25,26)/t10-/m0/s1. The third-order valence-electron chi connectivity index (χ3n) is 3.30. The monoisotopic (exact) mass is 408 g/mol. The van der Waals surface area contributed by atoms with Crippen LogP contribution in [-0.2, 0) is 0 Å². The lowest BCUT2D eigenvalue weighted by Gasteiger charge is -2.15. The number of alkyl halides is 6. The highest BCUT2D eigenvalue weighted by atomic mass is 19.4. The van der Waals surface area contributed by atoms with E-state index in [2.05, 4.69) is 19.8 Å². The summed E-state index contributed by atoms with van der Waals surface area (Å²) in [5.41, 5.74) is 0.441. The SMILES string of the molecule is C[C@H](NC(=O)c1ccc(OC(F)(F)F)cc1)c1ccc(OCC(F)(F)F)cn1. The molecule has 0 fully saturated rings. The molecule has 0 bridgehead atoms. The molecule has 0 unspecified atom stereocenters. The minimum Gasteiger partial charge on any atom is -0.483 e. The number of nitrogens with one attached hydrogen (secondary N) is 1. The molecule has 5 nitrogen and oxygen atoms in total. The van der Waals surface area contributed by atoms with Crippen LogP contribution in [0.2, 0.25) is 0 Å². The molecule has 0 aliphatic carbocycles. The maximum Gasteiger partial charge on any atom is 0.573 e. The number of nitrogens with zero attached hydrogens (tertiary/aromatic N) is 1. The van der Waals surface area contributed by atoms with E-state index >= 15 is 0 Å². The lowest BCUT2D eigenvalue weighted by molar-refractivity contribution is -0.274. The molecular weight excluding hydrogens is 394 g/mol. The number of pyridine rings is 1. The van der Waals surface area contributed by atoms with Crippen molar-refractivity contribution in [2.45, 2.75) is 25.5 Å². The number of benzene rings is 1. The Bertz CT molecular complexity index is 789. The molecule has 0 radical (unpaired) electrons. The lowest BCUT2D eigenvalue weighted by atomic mass is 10.1. The molecule has 1 atom stereocenters. The number of rotatable bonds is 6. The highest BCUT2D eigenvalue weighted by Crippen LogP contribution is 2.23. The van der Waals surface area contributed by atoms with Gasteiger partial charge in [0, 0.05) is 5.56 Å². The predicted octanol–water partition coefficient (Wildman–Crippen LogP) is 4.41. The number of aromatic nitrogens is 1. The molecule has 0 saturated heterocycles. The highest BCUT2D eigenvalue weighted by Gasteiger charge is 2.31. The number of carbonyl (C=O) groups excluding carboxylic acids is 1. The Morgan fingerprint density at radius 3 is 2.14 bits per heavy atom. The summed E-state index contributed by atoms with van der Waals surface area (Å²) in [4.78, 5) is 16.1. The average Bonchev–Trinajstić information content (AvgIpc) is 2.59. The molecule has 152 valence electrons. The Hall–Kier alpha value is -2.98. The first-order chi connectivity index (χ1) is 12.9. The van der Waals surface area contributed by atoms with Gasteiger partial charge in [0.1, 0.15) is 11.5 Å². The molecule has 0 aliphatic rings. The maximum atomic E-state index is 12.2. The first kappa shape index (κ1) is 21.3. The van der Waals surface area contributed by atoms with Gasteiger partial charge in [0.15, 0.2) is 6.61 Å². The van der Waals surface area contributed by atoms with Gasteiger partial charge in [-0.05, 0) is 43.3 Å². The van der Waals surface area contributed by atoms with Crippen molar-refractivity contribution in [1.29, 1.82) is 0 Å². The van der Waals surface area contributed by atoms with Gasteiger partial charge in [0.2, 0.25) is 0 Å². The van der Waals surface area contributed by atoms with Gasteiger partial charge in [-0.1, -0.05) is 0 Å². The maximum absolute atomic E-state index is 12.2. The van der Waals surface area contributed by atoms with Gasteiger partial charge in [-0.3, -0.25) is 9.78 Å². The molecule has 28 heavy (non-hydrogen) atoms. The molecule has 2 aromatic rings. The van der Waals surface area contributed by atoms with Crippen molar-refractivity contribution in [2.75, 3.05) is 6.61 Å². The second kappa shape index (κ2) is 8.36. The van der Waals surface area contributed by atoms with Crippen molar-refractivity contribution in [3.63, 3.8) is 0 Å². The van der Waals surface area contributed by atoms with Crippen molar-refractivity contribution in [2.24, 2.45) is 0 Å². The molecule has 0 aliphatic heterocycles. The largest absolute Gasteiger partial charge is 0.573 e. The summed E-state index contributed by atoms with van der Waals surface area (Å²) >= 11 is 0. The molecule has 0 saturated carbocycles. The van der Waals surface area contributed by atoms with Crippen molar-refractivity contribution in [1.82, 2.24) is 10.3 Å². The van der Waals surface area contributed by atoms with Crippen LogP contribution < -0.4 is 14.8 Å². The topological polar surface area (TPSA) is 60.5 Å². The summed E-state index contributed by atoms with van der Waals surface area (Å²) in [5.74, 6) is -1.13. The molecular formula is C17H14F6N2O3. The van der Waals surface area contributed by atoms with Crippen molar-refractivity contribution in [3.8, 4) is 11.5 Å². The quantitative estimate of drug-likeness (QED) is 0.720. The first-order valence-corrected chi connectivity index (χ1v) is 7.75. The molecule has 1 aromatic carbocycles. The van der Waals surface area contributed by atoms with Crippen molar-refractivity contribution in [3.05, 3.63) is 53.9 Å². The van der Waals surface area contributed by atoms with Gasteiger partial charge < -0.3 is 14.8 Å². The van der Waals surface area contributed by atoms with Crippen molar-refractivity contribution < 1.29 is 40.6 Å². The van der Waals surface area contributed by atoms with E-state index in [0.717, 1.165) is 30.5 Å². The Morgan fingerprint density at radius 1 is 1.04 bits per heavy atom. The second-order valence-corrected chi connectivity index (χ2v) is 5.59. The van der Waals surface area contributed by atoms with Crippen LogP contribution in [0, 0.1) is 0 Å². The van der Waals surface area contributed by atoms with Crippen LogP contribution >= 0.6 is 0 Å². The van der Waals surface area contributed by atoms with E-state index < -0.39 is 36.8 Å². The van der Waals surface area contributed by atoms with Crippen LogP contribution in [0.5, 0.6) is 11.5 Å². The summed E-state index contributed by atoms with van der Waals surface area (Å²) in [7, 11) is 0. The molecule has 1 amide bonds. The van der Waals surface area contributed by atoms with Gasteiger partial charge in [0.25, 0.3) is 5.91 Å². The fourth-order valence-corrected chi connectivity index (χ4v) is 2.06. The Morgan fingerprint density at radius 2 is 1.64 bits per heavy atom. The van der Waals surface area contributed by atoms with Crippen LogP contribution in [0.1, 0.15) is 29.0 Å². The highest BCUT2D eigenvalue weighted by molar-refractivity contribution is 5.94. The minimum absolute atomic E-state index is 0.0835. The Labute approximate surface area is 155 Å². The van der Waals surface area contributed by atoms with E-state index in [1.165, 1.54) is 12.1 Å². The summed E-state index contributed by atoms with van der Waals surface area (Å²) < 4.78 is 80.9. The molecule has 1 heterocycles. The Kier molecular flexibility index (Phi) is 6.37. The smallest absolute Gasteiger partial charge is 0.483 e. The summed E-state index contributed by atoms with van der Waals surface area (Å²) in [6.07, 6.45) is -8.21. The van der Waals surface area contributed by atoms with E-state index in [9.17, 15) is 31.1 Å². The third kappa shape index (κ3) is 6.97. The zero-order chi connectivity index (χ0) is 20.9. The van der Waals surface area contributed by atoms with E-state index in [-0.39, 0.29) is 11.3 Å². The predicted molar refractivity (Wildman–Crippen MR) is 84.8 cm³/mol. The van der Waals surface area contributed by atoms with Gasteiger partial charge in [0.05, 0.1) is 17.9 Å². The zero-order valence-electron chi connectivity index (χ0n) is 14.3. The molecule has 1 N–H and O–H groups in total. The Balaban J connectivity index is 1.94. The summed E-state index contributed by atoms with van der Waals surface area (Å²) in [6, 6.07) is 6.36. The first-order valence-electron chi connectivity index (χ1n) is 7.75. The molecule has 2 rings (SSSR count). The van der Waals surface area contributed by atoms with Gasteiger partial charge in [-0.25, -0.2) is 0 Å². The normalized spacial score (nSPS) is 13.0. The fraction of sp³-hybridized carbons (Fsp3) is 0.294. The van der Waals surface area contributed by atoms with Crippen LogP contribution in [0.15, 0.2) is 42.6 Å². The van der Waals surface area contributed by atoms with Crippen LogP contribution in [0.25, 0.3) is 0 Å². The third-order valence-corrected chi connectivity index (χ3v) is 3.30. The number of ether oxygens (including phenoxy) is 2. The van der Waals surface area contributed by atoms with Crippen LogP contribution in [0.3, 0.4) is 0 Å². The van der Waals surface area contributed by atoms with Gasteiger partial charge in [-0.2, -0.15) is 13.2 Å². The van der Waals surface area contributed by atoms with Gasteiger partial charge in [-0.15, -0.1) is 13.2 Å². The van der Waals surface area contributed by atoms with E-state index in [0.29, 0.717) is 5.69 Å². The number of amides is 1. The summed E-state index contributed by atoms with van der Waals surface area (Å²) in [6.45, 7) is 0.131. The van der Waals surface area contributed by atoms with Crippen LogP contribution in [-0.4, -0.2) is 30.0 Å². The van der Waals surface area contributed by atoms with E-state index in [4.69, 9.17) is 0 Å². The average molecular weight is 408 g/mol.